The number of nitrogens with one attached hydrogen (secondary N) is 2. The predicted molar refractivity (Wildman–Crippen MR) is 191 cm³/mol. The molecule has 8 rings (SSSR count). The Hall–Kier alpha value is -6.06. The molecule has 280 valence electrons. The summed E-state index contributed by atoms with van der Waals surface area (Å²) in [5.41, 5.74) is 2.47. The van der Waals surface area contributed by atoms with E-state index in [1.54, 1.807) is 30.6 Å². The van der Waals surface area contributed by atoms with Gasteiger partial charge in [-0.1, -0.05) is 16.4 Å². The van der Waals surface area contributed by atoms with Crippen molar-refractivity contribution in [3.05, 3.63) is 128 Å². The number of hydrogen-bond acceptors (Lipinski definition) is 10. The second-order valence-electron chi connectivity index (χ2n) is 13.5. The molecule has 54 heavy (non-hydrogen) atoms. The Morgan fingerprint density at radius 3 is 1.52 bits per heavy atom. The lowest BCUT2D eigenvalue weighted by Gasteiger charge is -2.30. The summed E-state index contributed by atoms with van der Waals surface area (Å²) in [6, 6.07) is 14.7. The van der Waals surface area contributed by atoms with Crippen molar-refractivity contribution in [3.63, 3.8) is 0 Å². The molecule has 2 aromatic carbocycles. The van der Waals surface area contributed by atoms with E-state index >= 15 is 0 Å². The van der Waals surface area contributed by atoms with Crippen molar-refractivity contribution < 1.29 is 26.6 Å². The number of pyridine rings is 2. The summed E-state index contributed by atoms with van der Waals surface area (Å²) in [6.45, 7) is 2.97. The summed E-state index contributed by atoms with van der Waals surface area (Å²) >= 11 is 0. The topological polar surface area (TPSA) is 150 Å². The fraction of sp³-hybridized carbons (Fsp3) is 0.316. The van der Waals surface area contributed by atoms with Crippen LogP contribution in [0.1, 0.15) is 36.8 Å². The summed E-state index contributed by atoms with van der Waals surface area (Å²) in [5.74, 6) is -1.11. The second-order valence-corrected chi connectivity index (χ2v) is 13.5. The Balaban J connectivity index is 0.000000167. The van der Waals surface area contributed by atoms with Gasteiger partial charge in [0.05, 0.1) is 0 Å². The van der Waals surface area contributed by atoms with E-state index < -0.39 is 23.3 Å². The Bertz CT molecular complexity index is 2250. The van der Waals surface area contributed by atoms with Crippen LogP contribution >= 0.6 is 0 Å². The van der Waals surface area contributed by atoms with Crippen molar-refractivity contribution >= 4 is 12.0 Å². The van der Waals surface area contributed by atoms with Gasteiger partial charge in [0, 0.05) is 67.9 Å². The molecule has 4 aromatic heterocycles. The van der Waals surface area contributed by atoms with Crippen LogP contribution in [0.4, 0.5) is 29.6 Å². The van der Waals surface area contributed by atoms with Crippen LogP contribution in [0.5, 0.6) is 0 Å². The molecule has 0 spiro atoms. The fourth-order valence-electron chi connectivity index (χ4n) is 6.74. The number of benzene rings is 2. The van der Waals surface area contributed by atoms with E-state index in [9.17, 15) is 27.2 Å². The van der Waals surface area contributed by atoms with Crippen LogP contribution in [-0.2, 0) is 12.8 Å². The lowest BCUT2D eigenvalue weighted by Crippen LogP contribution is -2.34. The monoisotopic (exact) mass is 744 g/mol. The normalized spacial score (nSPS) is 15.3. The first-order valence-corrected chi connectivity index (χ1v) is 17.6. The van der Waals surface area contributed by atoms with Crippen molar-refractivity contribution in [3.8, 4) is 22.8 Å². The third-order valence-electron chi connectivity index (χ3n) is 9.64. The molecular formula is C38H36F4N8O4. The largest absolute Gasteiger partial charge is 0.328 e. The van der Waals surface area contributed by atoms with Crippen LogP contribution in [-0.4, -0.2) is 56.4 Å². The zero-order valence-electron chi connectivity index (χ0n) is 29.0. The van der Waals surface area contributed by atoms with Crippen molar-refractivity contribution in [1.82, 2.24) is 30.2 Å². The third-order valence-corrected chi connectivity index (χ3v) is 9.64. The molecule has 0 aliphatic carbocycles. The number of aromatic amines is 2. The number of aromatic nitrogens is 6. The van der Waals surface area contributed by atoms with E-state index in [1.165, 1.54) is 36.4 Å². The smallest absolute Gasteiger partial charge is 0.324 e. The molecule has 2 aliphatic heterocycles. The van der Waals surface area contributed by atoms with Crippen LogP contribution in [0, 0.1) is 35.1 Å². The maximum absolute atomic E-state index is 13.4. The SMILES string of the molecule is O=c1ccc(-c2noc(N3CCC(Cc4cc(F)cc(F)c4)CC3)n2)c[nH]1.O=c1ccc(-c2noc(N3CCC(Cc4ccc(F)c(F)c4)CC3)n2)c[nH]1. The average molecular weight is 745 g/mol. The molecule has 0 atom stereocenters. The number of piperidine rings is 2. The van der Waals surface area contributed by atoms with Crippen LogP contribution in [0.3, 0.4) is 0 Å². The maximum Gasteiger partial charge on any atom is 0.324 e. The van der Waals surface area contributed by atoms with Gasteiger partial charge in [-0.3, -0.25) is 9.59 Å². The van der Waals surface area contributed by atoms with Gasteiger partial charge < -0.3 is 28.8 Å². The van der Waals surface area contributed by atoms with E-state index in [4.69, 9.17) is 9.05 Å². The minimum Gasteiger partial charge on any atom is -0.328 e. The van der Waals surface area contributed by atoms with Crippen molar-refractivity contribution in [2.45, 2.75) is 38.5 Å². The van der Waals surface area contributed by atoms with Gasteiger partial charge in [0.25, 0.3) is 0 Å². The maximum atomic E-state index is 13.4. The highest BCUT2D eigenvalue weighted by molar-refractivity contribution is 5.54. The summed E-state index contributed by atoms with van der Waals surface area (Å²) in [7, 11) is 0. The van der Waals surface area contributed by atoms with Gasteiger partial charge in [0.1, 0.15) is 11.6 Å². The molecule has 0 saturated carbocycles. The fourth-order valence-corrected chi connectivity index (χ4v) is 6.74. The van der Waals surface area contributed by atoms with E-state index in [1.807, 2.05) is 9.80 Å². The number of H-pyrrole nitrogens is 2. The van der Waals surface area contributed by atoms with Crippen molar-refractivity contribution in [2.75, 3.05) is 36.0 Å². The van der Waals surface area contributed by atoms with Crippen LogP contribution in [0.15, 0.2) is 91.7 Å². The minimum absolute atomic E-state index is 0.189. The zero-order valence-corrected chi connectivity index (χ0v) is 29.0. The lowest BCUT2D eigenvalue weighted by atomic mass is 9.90. The molecular weight excluding hydrogens is 708 g/mol. The van der Waals surface area contributed by atoms with E-state index in [2.05, 4.69) is 30.2 Å². The first-order chi connectivity index (χ1) is 26.1. The number of nitrogens with zero attached hydrogens (tertiary/aromatic N) is 6. The predicted octanol–water partition coefficient (Wildman–Crippen LogP) is 6.32. The highest BCUT2D eigenvalue weighted by Crippen LogP contribution is 2.28. The van der Waals surface area contributed by atoms with E-state index in [-0.39, 0.29) is 11.1 Å². The molecule has 6 heterocycles. The highest BCUT2D eigenvalue weighted by atomic mass is 19.2. The number of rotatable bonds is 8. The molecule has 2 fully saturated rings. The number of hydrogen-bond donors (Lipinski definition) is 2. The molecule has 2 saturated heterocycles. The number of anilines is 2. The molecule has 6 aromatic rings. The van der Waals surface area contributed by atoms with Gasteiger partial charge in [-0.2, -0.15) is 9.97 Å². The minimum atomic E-state index is -0.816. The average Bonchev–Trinajstić information content (AvgIpc) is 3.86. The van der Waals surface area contributed by atoms with Gasteiger partial charge in [-0.25, -0.2) is 17.6 Å². The van der Waals surface area contributed by atoms with Crippen LogP contribution in [0.2, 0.25) is 0 Å². The first-order valence-electron chi connectivity index (χ1n) is 17.6. The summed E-state index contributed by atoms with van der Waals surface area (Å²) in [6.07, 6.45) is 7.99. The van der Waals surface area contributed by atoms with Gasteiger partial charge in [-0.05, 0) is 97.9 Å². The number of halogens is 4. The van der Waals surface area contributed by atoms with E-state index in [0.29, 0.717) is 58.6 Å². The standard InChI is InChI=1S/2C19H18F2N4O2/c20-15-3-1-13(10-16(15)21)9-12-5-7-25(8-6-12)19-23-18(24-27-19)14-2-4-17(26)22-11-14;20-15-8-13(9-16(21)10-15)7-12-3-5-25(6-4-12)19-23-18(24-27-19)14-1-2-17(26)22-11-14/h1-4,10-12H,5-9H2,(H,22,26);1-2,8-12H,3-7H2,(H,22,26). The molecule has 12 nitrogen and oxygen atoms in total. The quantitative estimate of drug-likeness (QED) is 0.170. The third kappa shape index (κ3) is 9.11. The Morgan fingerprint density at radius 2 is 1.07 bits per heavy atom. The molecule has 0 unspecified atom stereocenters. The second kappa shape index (κ2) is 16.3. The lowest BCUT2D eigenvalue weighted by molar-refractivity contribution is 0.361. The highest BCUT2D eigenvalue weighted by Gasteiger charge is 2.25. The van der Waals surface area contributed by atoms with Crippen LogP contribution < -0.4 is 20.9 Å². The summed E-state index contributed by atoms with van der Waals surface area (Å²) in [4.78, 5) is 40.2. The molecule has 2 aliphatic rings. The van der Waals surface area contributed by atoms with Gasteiger partial charge >= 0.3 is 12.0 Å². The Kier molecular flexibility index (Phi) is 11.0. The van der Waals surface area contributed by atoms with Crippen molar-refractivity contribution in [2.24, 2.45) is 11.8 Å². The van der Waals surface area contributed by atoms with E-state index in [0.717, 1.165) is 69.9 Å². The van der Waals surface area contributed by atoms with Crippen LogP contribution in [0.25, 0.3) is 22.8 Å². The molecule has 0 amide bonds. The van der Waals surface area contributed by atoms with Gasteiger partial charge in [-0.15, -0.1) is 0 Å². The van der Waals surface area contributed by atoms with Gasteiger partial charge in [0.15, 0.2) is 11.6 Å². The first kappa shape index (κ1) is 36.3. The Labute approximate surface area is 305 Å². The Morgan fingerprint density at radius 1 is 0.593 bits per heavy atom. The molecule has 0 bridgehead atoms. The zero-order chi connectivity index (χ0) is 37.6. The van der Waals surface area contributed by atoms with Crippen molar-refractivity contribution in [1.29, 1.82) is 0 Å². The summed E-state index contributed by atoms with van der Waals surface area (Å²) < 4.78 is 63.8. The molecule has 16 heteroatoms. The molecule has 2 N–H and O–H groups in total. The van der Waals surface area contributed by atoms with Gasteiger partial charge in [0.2, 0.25) is 22.8 Å². The summed E-state index contributed by atoms with van der Waals surface area (Å²) in [5, 5.41) is 7.93. The molecule has 0 radical (unpaired) electrons.